The van der Waals surface area contributed by atoms with Gasteiger partial charge in [-0.2, -0.15) is 0 Å². The predicted molar refractivity (Wildman–Crippen MR) is 81.7 cm³/mol. The van der Waals surface area contributed by atoms with Crippen LogP contribution in [0.15, 0.2) is 0 Å². The number of rotatable bonds is 14. The van der Waals surface area contributed by atoms with E-state index < -0.39 is 12.4 Å². The molecule has 0 aromatic heterocycles. The maximum absolute atomic E-state index is 11.0. The van der Waals surface area contributed by atoms with Crippen LogP contribution >= 0.6 is 0 Å². The zero-order chi connectivity index (χ0) is 15.1. The van der Waals surface area contributed by atoms with Gasteiger partial charge in [-0.1, -0.05) is 71.1 Å². The fourth-order valence-electron chi connectivity index (χ4n) is 2.22. The van der Waals surface area contributed by atoms with Crippen LogP contribution in [0.25, 0.3) is 0 Å². The van der Waals surface area contributed by atoms with Gasteiger partial charge in [0, 0.05) is 6.54 Å². The fraction of sp³-hybridized carbons (Fsp3) is 0.875. The molecule has 0 heterocycles. The molecule has 0 aromatic carbocycles. The van der Waals surface area contributed by atoms with E-state index in [1.807, 2.05) is 0 Å². The Bertz CT molecular complexity index is 254. The van der Waals surface area contributed by atoms with Gasteiger partial charge in [-0.3, -0.25) is 9.59 Å². The van der Waals surface area contributed by atoms with Gasteiger partial charge in [0.2, 0.25) is 5.91 Å². The summed E-state index contributed by atoms with van der Waals surface area (Å²) in [6.45, 7) is 2.84. The van der Waals surface area contributed by atoms with Crippen molar-refractivity contribution in [3.8, 4) is 0 Å². The van der Waals surface area contributed by atoms with Gasteiger partial charge < -0.3 is 10.4 Å². The third-order valence-corrected chi connectivity index (χ3v) is 3.41. The van der Waals surface area contributed by atoms with Crippen molar-refractivity contribution in [2.24, 2.45) is 0 Å². The van der Waals surface area contributed by atoms with E-state index in [9.17, 15) is 9.59 Å². The molecule has 0 saturated carbocycles. The number of carbonyl (C=O) groups excluding carboxylic acids is 1. The van der Waals surface area contributed by atoms with Crippen LogP contribution in [-0.4, -0.2) is 23.5 Å². The molecular formula is C16H31NO3. The van der Waals surface area contributed by atoms with Crippen LogP contribution in [0.3, 0.4) is 0 Å². The average Bonchev–Trinajstić information content (AvgIpc) is 2.39. The van der Waals surface area contributed by atoms with E-state index in [1.54, 1.807) is 0 Å². The van der Waals surface area contributed by atoms with Crippen LogP contribution in [-0.2, 0) is 9.59 Å². The lowest BCUT2D eigenvalue weighted by molar-refractivity contribution is -0.140. The van der Waals surface area contributed by atoms with E-state index >= 15 is 0 Å². The second-order valence-corrected chi connectivity index (χ2v) is 5.46. The summed E-state index contributed by atoms with van der Waals surface area (Å²) in [5.74, 6) is -1.45. The van der Waals surface area contributed by atoms with Crippen molar-refractivity contribution in [3.05, 3.63) is 0 Å². The number of aliphatic carboxylic acids is 1. The molecule has 0 rings (SSSR count). The second-order valence-electron chi connectivity index (χ2n) is 5.46. The molecule has 0 aliphatic heterocycles. The summed E-state index contributed by atoms with van der Waals surface area (Å²) in [6, 6.07) is 0. The van der Waals surface area contributed by atoms with Gasteiger partial charge in [-0.15, -0.1) is 0 Å². The third kappa shape index (κ3) is 15.0. The average molecular weight is 285 g/mol. The summed E-state index contributed by atoms with van der Waals surface area (Å²) in [6.07, 6.45) is 13.6. The first-order valence-electron chi connectivity index (χ1n) is 8.15. The van der Waals surface area contributed by atoms with E-state index in [-0.39, 0.29) is 5.91 Å². The summed E-state index contributed by atoms with van der Waals surface area (Å²) in [7, 11) is 0. The first-order valence-corrected chi connectivity index (χ1v) is 8.15. The molecule has 0 bridgehead atoms. The van der Waals surface area contributed by atoms with E-state index in [2.05, 4.69) is 12.2 Å². The lowest BCUT2D eigenvalue weighted by atomic mass is 10.1. The maximum Gasteiger partial charge on any atom is 0.312 e. The van der Waals surface area contributed by atoms with E-state index in [1.165, 1.54) is 57.8 Å². The zero-order valence-electron chi connectivity index (χ0n) is 13.0. The van der Waals surface area contributed by atoms with E-state index in [0.717, 1.165) is 12.8 Å². The molecule has 0 unspecified atom stereocenters. The van der Waals surface area contributed by atoms with Crippen LogP contribution in [0.5, 0.6) is 0 Å². The molecule has 1 amide bonds. The Balaban J connectivity index is 3.09. The molecule has 0 aliphatic carbocycles. The van der Waals surface area contributed by atoms with Crippen LogP contribution in [0.2, 0.25) is 0 Å². The molecule has 0 saturated heterocycles. The van der Waals surface area contributed by atoms with Crippen LogP contribution in [0, 0.1) is 0 Å². The molecule has 20 heavy (non-hydrogen) atoms. The Morgan fingerprint density at radius 3 is 1.70 bits per heavy atom. The lowest BCUT2D eigenvalue weighted by Gasteiger charge is -2.04. The normalized spacial score (nSPS) is 10.4. The van der Waals surface area contributed by atoms with Crippen molar-refractivity contribution in [1.29, 1.82) is 0 Å². The number of carbonyl (C=O) groups is 2. The summed E-state index contributed by atoms with van der Waals surface area (Å²) in [5.41, 5.74) is 0. The summed E-state index contributed by atoms with van der Waals surface area (Å²) < 4.78 is 0. The number of carboxylic acids is 1. The quantitative estimate of drug-likeness (QED) is 0.376. The summed E-state index contributed by atoms with van der Waals surface area (Å²) >= 11 is 0. The Morgan fingerprint density at radius 1 is 0.800 bits per heavy atom. The lowest BCUT2D eigenvalue weighted by Crippen LogP contribution is -2.26. The van der Waals surface area contributed by atoms with E-state index in [4.69, 9.17) is 5.11 Å². The van der Waals surface area contributed by atoms with Crippen LogP contribution < -0.4 is 5.32 Å². The van der Waals surface area contributed by atoms with Crippen LogP contribution in [0.1, 0.15) is 84.0 Å². The number of hydrogen-bond acceptors (Lipinski definition) is 2. The van der Waals surface area contributed by atoms with Gasteiger partial charge in [0.05, 0.1) is 0 Å². The third-order valence-electron chi connectivity index (χ3n) is 3.41. The molecule has 4 heteroatoms. The van der Waals surface area contributed by atoms with Crippen molar-refractivity contribution < 1.29 is 14.7 Å². The Kier molecular flexibility index (Phi) is 13.6. The highest BCUT2D eigenvalue weighted by Gasteiger charge is 2.05. The molecule has 0 aromatic rings. The molecular weight excluding hydrogens is 254 g/mol. The first-order chi connectivity index (χ1) is 9.66. The van der Waals surface area contributed by atoms with Gasteiger partial charge >= 0.3 is 5.97 Å². The second kappa shape index (κ2) is 14.4. The Labute approximate surface area is 123 Å². The molecule has 4 nitrogen and oxygen atoms in total. The maximum atomic E-state index is 11.0. The van der Waals surface area contributed by atoms with Crippen LogP contribution in [0.4, 0.5) is 0 Å². The zero-order valence-corrected chi connectivity index (χ0v) is 13.0. The van der Waals surface area contributed by atoms with E-state index in [0.29, 0.717) is 6.54 Å². The highest BCUT2D eigenvalue weighted by atomic mass is 16.4. The number of nitrogens with one attached hydrogen (secondary N) is 1. The molecule has 0 spiro atoms. The molecule has 2 N–H and O–H groups in total. The Morgan fingerprint density at radius 2 is 1.25 bits per heavy atom. The fourth-order valence-corrected chi connectivity index (χ4v) is 2.22. The molecule has 0 fully saturated rings. The van der Waals surface area contributed by atoms with Crippen molar-refractivity contribution in [1.82, 2.24) is 5.32 Å². The minimum absolute atomic E-state index is 0.385. The van der Waals surface area contributed by atoms with Gasteiger partial charge in [0.25, 0.3) is 0 Å². The van der Waals surface area contributed by atoms with Crippen molar-refractivity contribution in [3.63, 3.8) is 0 Å². The summed E-state index contributed by atoms with van der Waals surface area (Å²) in [5, 5.41) is 11.0. The first kappa shape index (κ1) is 18.9. The Hall–Kier alpha value is -1.06. The molecule has 118 valence electrons. The number of carboxylic acid groups (broad SMARTS) is 1. The topological polar surface area (TPSA) is 66.4 Å². The largest absolute Gasteiger partial charge is 0.481 e. The minimum Gasteiger partial charge on any atom is -0.481 e. The van der Waals surface area contributed by atoms with Gasteiger partial charge in [-0.05, 0) is 6.42 Å². The number of amides is 1. The number of hydrogen-bond donors (Lipinski definition) is 2. The van der Waals surface area contributed by atoms with Gasteiger partial charge in [0.1, 0.15) is 6.42 Å². The summed E-state index contributed by atoms with van der Waals surface area (Å²) in [4.78, 5) is 21.3. The monoisotopic (exact) mass is 285 g/mol. The molecule has 0 aliphatic rings. The smallest absolute Gasteiger partial charge is 0.312 e. The standard InChI is InChI=1S/C16H31NO3/c1-2-3-4-5-6-7-8-9-10-11-12-13-17-15(18)14-16(19)20/h2-14H2,1H3,(H,17,18)(H,19,20). The van der Waals surface area contributed by atoms with Crippen molar-refractivity contribution in [2.75, 3.05) is 6.54 Å². The highest BCUT2D eigenvalue weighted by Crippen LogP contribution is 2.10. The van der Waals surface area contributed by atoms with Crippen molar-refractivity contribution >= 4 is 11.9 Å². The van der Waals surface area contributed by atoms with Crippen molar-refractivity contribution in [2.45, 2.75) is 84.0 Å². The van der Waals surface area contributed by atoms with Gasteiger partial charge in [-0.25, -0.2) is 0 Å². The molecule has 0 atom stereocenters. The number of unbranched alkanes of at least 4 members (excludes halogenated alkanes) is 10. The van der Waals surface area contributed by atoms with Gasteiger partial charge in [0.15, 0.2) is 0 Å². The minimum atomic E-state index is -1.07. The highest BCUT2D eigenvalue weighted by molar-refractivity contribution is 5.93. The predicted octanol–water partition coefficient (Wildman–Crippen LogP) is 3.89. The molecule has 0 radical (unpaired) electrons. The SMILES string of the molecule is CCCCCCCCCCCCCNC(=O)CC(=O)O.